The second-order valence-corrected chi connectivity index (χ2v) is 6.91. The van der Waals surface area contributed by atoms with Crippen molar-refractivity contribution in [3.63, 3.8) is 0 Å². The van der Waals surface area contributed by atoms with Crippen molar-refractivity contribution in [2.75, 3.05) is 11.4 Å². The quantitative estimate of drug-likeness (QED) is 0.908. The van der Waals surface area contributed by atoms with Gasteiger partial charge in [0.2, 0.25) is 5.91 Å². The van der Waals surface area contributed by atoms with E-state index >= 15 is 0 Å². The van der Waals surface area contributed by atoms with Crippen molar-refractivity contribution in [1.29, 1.82) is 0 Å². The molecule has 2 aromatic rings. The second kappa shape index (κ2) is 7.51. The van der Waals surface area contributed by atoms with Crippen molar-refractivity contribution in [1.82, 2.24) is 5.32 Å². The van der Waals surface area contributed by atoms with Gasteiger partial charge >= 0.3 is 0 Å². The van der Waals surface area contributed by atoms with Crippen LogP contribution in [0.4, 0.5) is 5.69 Å². The molecule has 0 saturated heterocycles. The zero-order valence-electron chi connectivity index (χ0n) is 14.8. The smallest absolute Gasteiger partial charge is 0.251 e. The first-order valence-electron chi connectivity index (χ1n) is 8.80. The third-order valence-electron chi connectivity index (χ3n) is 4.41. The van der Waals surface area contributed by atoms with E-state index in [-0.39, 0.29) is 11.8 Å². The number of hydrogen-bond donors (Lipinski definition) is 1. The molecule has 25 heavy (non-hydrogen) atoms. The molecule has 1 aliphatic rings. The van der Waals surface area contributed by atoms with Crippen LogP contribution in [0.5, 0.6) is 0 Å². The van der Waals surface area contributed by atoms with Gasteiger partial charge in [-0.1, -0.05) is 44.2 Å². The zero-order chi connectivity index (χ0) is 17.8. The van der Waals surface area contributed by atoms with Gasteiger partial charge in [0, 0.05) is 30.8 Å². The van der Waals surface area contributed by atoms with Crippen LogP contribution in [0.2, 0.25) is 0 Å². The van der Waals surface area contributed by atoms with E-state index in [1.165, 1.54) is 5.56 Å². The Labute approximate surface area is 148 Å². The fourth-order valence-corrected chi connectivity index (χ4v) is 3.16. The van der Waals surface area contributed by atoms with Crippen molar-refractivity contribution in [3.05, 3.63) is 65.2 Å². The SMILES string of the molecule is CC(C)CC(=O)N1CCc2cc(CNC(=O)c3ccccc3)ccc21. The highest BCUT2D eigenvalue weighted by Gasteiger charge is 2.25. The lowest BCUT2D eigenvalue weighted by Crippen LogP contribution is -2.29. The molecular formula is C21H24N2O2. The molecular weight excluding hydrogens is 312 g/mol. The molecule has 2 aromatic carbocycles. The summed E-state index contributed by atoms with van der Waals surface area (Å²) in [6, 6.07) is 15.3. The van der Waals surface area contributed by atoms with E-state index in [1.54, 1.807) is 12.1 Å². The number of nitrogens with one attached hydrogen (secondary N) is 1. The molecule has 0 bridgehead atoms. The Kier molecular flexibility index (Phi) is 5.17. The first-order valence-corrected chi connectivity index (χ1v) is 8.80. The summed E-state index contributed by atoms with van der Waals surface area (Å²) in [6.45, 7) is 5.36. The molecule has 0 radical (unpaired) electrons. The second-order valence-electron chi connectivity index (χ2n) is 6.91. The van der Waals surface area contributed by atoms with Gasteiger partial charge in [-0.05, 0) is 41.7 Å². The van der Waals surface area contributed by atoms with Gasteiger partial charge < -0.3 is 10.2 Å². The molecule has 0 unspecified atom stereocenters. The Bertz CT molecular complexity index is 769. The molecule has 1 aliphatic heterocycles. The molecule has 1 heterocycles. The Hall–Kier alpha value is -2.62. The molecule has 3 rings (SSSR count). The van der Waals surface area contributed by atoms with Crippen LogP contribution in [0.15, 0.2) is 48.5 Å². The van der Waals surface area contributed by atoms with Gasteiger partial charge in [0.15, 0.2) is 0 Å². The van der Waals surface area contributed by atoms with E-state index in [0.29, 0.717) is 24.4 Å². The van der Waals surface area contributed by atoms with Crippen LogP contribution in [0.3, 0.4) is 0 Å². The maximum Gasteiger partial charge on any atom is 0.251 e. The summed E-state index contributed by atoms with van der Waals surface area (Å²) in [7, 11) is 0. The summed E-state index contributed by atoms with van der Waals surface area (Å²) in [4.78, 5) is 26.4. The van der Waals surface area contributed by atoms with Crippen LogP contribution in [0.1, 0.15) is 41.8 Å². The number of benzene rings is 2. The number of anilines is 1. The molecule has 0 saturated carbocycles. The third kappa shape index (κ3) is 4.08. The van der Waals surface area contributed by atoms with Crippen molar-refractivity contribution in [2.24, 2.45) is 5.92 Å². The topological polar surface area (TPSA) is 49.4 Å². The summed E-state index contributed by atoms with van der Waals surface area (Å²) in [5.41, 5.74) is 3.92. The van der Waals surface area contributed by atoms with Crippen molar-refractivity contribution in [3.8, 4) is 0 Å². The van der Waals surface area contributed by atoms with Gasteiger partial charge in [-0.3, -0.25) is 9.59 Å². The highest BCUT2D eigenvalue weighted by molar-refractivity contribution is 5.96. The lowest BCUT2D eigenvalue weighted by Gasteiger charge is -2.18. The largest absolute Gasteiger partial charge is 0.348 e. The highest BCUT2D eigenvalue weighted by atomic mass is 16.2. The average Bonchev–Trinajstić information content (AvgIpc) is 3.03. The van der Waals surface area contributed by atoms with Crippen LogP contribution in [0, 0.1) is 5.92 Å². The summed E-state index contributed by atoms with van der Waals surface area (Å²) >= 11 is 0. The van der Waals surface area contributed by atoms with Gasteiger partial charge in [-0.2, -0.15) is 0 Å². The fraction of sp³-hybridized carbons (Fsp3) is 0.333. The molecule has 4 nitrogen and oxygen atoms in total. The van der Waals surface area contributed by atoms with Gasteiger partial charge in [0.1, 0.15) is 0 Å². The maximum atomic E-state index is 12.3. The van der Waals surface area contributed by atoms with E-state index in [1.807, 2.05) is 35.2 Å². The Morgan fingerprint density at radius 1 is 1.12 bits per heavy atom. The number of carbonyl (C=O) groups excluding carboxylic acids is 2. The monoisotopic (exact) mass is 336 g/mol. The summed E-state index contributed by atoms with van der Waals surface area (Å²) in [5.74, 6) is 0.484. The van der Waals surface area contributed by atoms with Crippen molar-refractivity contribution < 1.29 is 9.59 Å². The summed E-state index contributed by atoms with van der Waals surface area (Å²) < 4.78 is 0. The predicted octanol–water partition coefficient (Wildman–Crippen LogP) is 3.55. The predicted molar refractivity (Wildman–Crippen MR) is 99.6 cm³/mol. The minimum absolute atomic E-state index is 0.0742. The van der Waals surface area contributed by atoms with Crippen molar-refractivity contribution in [2.45, 2.75) is 33.2 Å². The molecule has 1 N–H and O–H groups in total. The van der Waals surface area contributed by atoms with E-state index < -0.39 is 0 Å². The average molecular weight is 336 g/mol. The highest BCUT2D eigenvalue weighted by Crippen LogP contribution is 2.30. The molecule has 2 amide bonds. The summed E-state index contributed by atoms with van der Waals surface area (Å²) in [6.07, 6.45) is 1.45. The van der Waals surface area contributed by atoms with Crippen LogP contribution in [-0.2, 0) is 17.8 Å². The first kappa shape index (κ1) is 17.2. The van der Waals surface area contributed by atoms with Gasteiger partial charge in [0.25, 0.3) is 5.91 Å². The number of nitrogens with zero attached hydrogens (tertiary/aromatic N) is 1. The molecule has 4 heteroatoms. The minimum atomic E-state index is -0.0742. The first-order chi connectivity index (χ1) is 12.0. The maximum absolute atomic E-state index is 12.3. The van der Waals surface area contributed by atoms with Gasteiger partial charge in [0.05, 0.1) is 0 Å². The lowest BCUT2D eigenvalue weighted by atomic mass is 10.1. The molecule has 0 atom stereocenters. The molecule has 0 fully saturated rings. The van der Waals surface area contributed by atoms with E-state index in [0.717, 1.165) is 24.2 Å². The van der Waals surface area contributed by atoms with Crippen molar-refractivity contribution >= 4 is 17.5 Å². The standard InChI is InChI=1S/C21H24N2O2/c1-15(2)12-20(24)23-11-10-18-13-16(8-9-19(18)23)14-22-21(25)17-6-4-3-5-7-17/h3-9,13,15H,10-12,14H2,1-2H3,(H,22,25). The Morgan fingerprint density at radius 3 is 2.60 bits per heavy atom. The molecule has 0 aliphatic carbocycles. The van der Waals surface area contributed by atoms with E-state index in [9.17, 15) is 9.59 Å². The van der Waals surface area contributed by atoms with Gasteiger partial charge in [-0.15, -0.1) is 0 Å². The van der Waals surface area contributed by atoms with Crippen LogP contribution < -0.4 is 10.2 Å². The molecule has 130 valence electrons. The molecule has 0 aromatic heterocycles. The number of fused-ring (bicyclic) bond motifs is 1. The number of hydrogen-bond acceptors (Lipinski definition) is 2. The number of amides is 2. The Balaban J connectivity index is 1.64. The van der Waals surface area contributed by atoms with Gasteiger partial charge in [-0.25, -0.2) is 0 Å². The summed E-state index contributed by atoms with van der Waals surface area (Å²) in [5, 5.41) is 2.95. The molecule has 0 spiro atoms. The zero-order valence-corrected chi connectivity index (χ0v) is 14.8. The number of rotatable bonds is 5. The third-order valence-corrected chi connectivity index (χ3v) is 4.41. The van der Waals surface area contributed by atoms with E-state index in [4.69, 9.17) is 0 Å². The minimum Gasteiger partial charge on any atom is -0.348 e. The van der Waals surface area contributed by atoms with Crippen LogP contribution >= 0.6 is 0 Å². The fourth-order valence-electron chi connectivity index (χ4n) is 3.16. The van der Waals surface area contributed by atoms with E-state index in [2.05, 4.69) is 25.2 Å². The lowest BCUT2D eigenvalue weighted by molar-refractivity contribution is -0.119. The normalized spacial score (nSPS) is 13.0. The van der Waals surface area contributed by atoms with Crippen LogP contribution in [0.25, 0.3) is 0 Å². The van der Waals surface area contributed by atoms with Crippen LogP contribution in [-0.4, -0.2) is 18.4 Å². The number of carbonyl (C=O) groups is 2. The Morgan fingerprint density at radius 2 is 1.88 bits per heavy atom.